The second-order valence-electron chi connectivity index (χ2n) is 6.50. The van der Waals surface area contributed by atoms with Crippen LogP contribution in [-0.2, 0) is 0 Å². The summed E-state index contributed by atoms with van der Waals surface area (Å²) in [5.74, 6) is -0.778. The van der Waals surface area contributed by atoms with Gasteiger partial charge in [0.05, 0.1) is 16.6 Å². The van der Waals surface area contributed by atoms with Crippen LogP contribution >= 0.6 is 0 Å². The zero-order chi connectivity index (χ0) is 20.0. The third kappa shape index (κ3) is 2.75. The maximum Gasteiger partial charge on any atom is 0.255 e. The van der Waals surface area contributed by atoms with Crippen LogP contribution in [0.5, 0.6) is 0 Å². The lowest BCUT2D eigenvalue weighted by atomic mass is 10.2. The molecule has 0 spiro atoms. The Kier molecular flexibility index (Phi) is 3.71. The van der Waals surface area contributed by atoms with Crippen LogP contribution in [0.15, 0.2) is 66.9 Å². The highest BCUT2D eigenvalue weighted by Gasteiger charge is 2.16. The first-order chi connectivity index (χ1) is 14.1. The highest BCUT2D eigenvalue weighted by molar-refractivity contribution is 6.05. The molecule has 0 aliphatic heterocycles. The number of nitriles is 1. The van der Waals surface area contributed by atoms with Crippen molar-refractivity contribution in [2.24, 2.45) is 0 Å². The average Bonchev–Trinajstić information content (AvgIpc) is 3.04. The van der Waals surface area contributed by atoms with Crippen LogP contribution in [0.1, 0.15) is 15.9 Å². The van der Waals surface area contributed by atoms with Crippen LogP contribution in [0.2, 0.25) is 0 Å². The molecule has 0 bridgehead atoms. The summed E-state index contributed by atoms with van der Waals surface area (Å²) in [6.45, 7) is 0. The fourth-order valence-electron chi connectivity index (χ4n) is 3.32. The second-order valence-corrected chi connectivity index (χ2v) is 6.50. The summed E-state index contributed by atoms with van der Waals surface area (Å²) in [6.07, 6.45) is 1.74. The molecule has 138 valence electrons. The van der Waals surface area contributed by atoms with Gasteiger partial charge in [0.25, 0.3) is 5.91 Å². The summed E-state index contributed by atoms with van der Waals surface area (Å²) in [7, 11) is 0. The molecular weight excluding hydrogens is 369 g/mol. The van der Waals surface area contributed by atoms with E-state index in [0.29, 0.717) is 39.0 Å². The van der Waals surface area contributed by atoms with Gasteiger partial charge in [0.1, 0.15) is 23.0 Å². The first kappa shape index (κ1) is 16.8. The quantitative estimate of drug-likeness (QED) is 0.494. The van der Waals surface area contributed by atoms with Crippen molar-refractivity contribution < 1.29 is 9.18 Å². The third-order valence-electron chi connectivity index (χ3n) is 4.70. The highest BCUT2D eigenvalue weighted by atomic mass is 19.1. The molecule has 6 nitrogen and oxygen atoms in total. The number of rotatable bonds is 2. The molecule has 5 rings (SSSR count). The van der Waals surface area contributed by atoms with Crippen molar-refractivity contribution >= 4 is 39.3 Å². The van der Waals surface area contributed by atoms with E-state index in [0.717, 1.165) is 5.52 Å². The molecule has 29 heavy (non-hydrogen) atoms. The summed E-state index contributed by atoms with van der Waals surface area (Å²) in [5, 5.41) is 12.5. The largest absolute Gasteiger partial charge is 0.322 e. The van der Waals surface area contributed by atoms with Crippen molar-refractivity contribution in [1.29, 1.82) is 5.26 Å². The average molecular weight is 381 g/mol. The Morgan fingerprint density at radius 1 is 1.03 bits per heavy atom. The normalized spacial score (nSPS) is 11.0. The maximum atomic E-state index is 13.1. The summed E-state index contributed by atoms with van der Waals surface area (Å²) >= 11 is 0. The molecular formula is C22H12FN5O. The monoisotopic (exact) mass is 381 g/mol. The van der Waals surface area contributed by atoms with Gasteiger partial charge >= 0.3 is 0 Å². The predicted octanol–water partition coefficient (Wildman–Crippen LogP) is 4.30. The van der Waals surface area contributed by atoms with Gasteiger partial charge in [0.15, 0.2) is 5.65 Å². The maximum absolute atomic E-state index is 13.1. The van der Waals surface area contributed by atoms with Crippen molar-refractivity contribution in [3.05, 3.63) is 83.8 Å². The van der Waals surface area contributed by atoms with Gasteiger partial charge in [0.2, 0.25) is 0 Å². The van der Waals surface area contributed by atoms with E-state index in [1.807, 2.05) is 24.3 Å². The molecule has 0 atom stereocenters. The Bertz CT molecular complexity index is 1460. The predicted molar refractivity (Wildman–Crippen MR) is 107 cm³/mol. The van der Waals surface area contributed by atoms with E-state index in [1.165, 1.54) is 24.3 Å². The Hall–Kier alpha value is -4.31. The molecule has 0 aliphatic carbocycles. The number of nitrogens with zero attached hydrogens (tertiary/aromatic N) is 4. The van der Waals surface area contributed by atoms with E-state index < -0.39 is 5.82 Å². The van der Waals surface area contributed by atoms with Crippen molar-refractivity contribution in [1.82, 2.24) is 14.4 Å². The van der Waals surface area contributed by atoms with Gasteiger partial charge in [-0.05, 0) is 48.5 Å². The van der Waals surface area contributed by atoms with Crippen molar-refractivity contribution in [2.75, 3.05) is 5.32 Å². The zero-order valence-electron chi connectivity index (χ0n) is 14.9. The molecule has 0 radical (unpaired) electrons. The SMILES string of the molecule is N#Cc1c2nc3ccccc3nc2n2ccc(NC(=O)c3ccc(F)cc3)cc12. The standard InChI is InChI=1S/C22H12FN5O/c23-14-7-5-13(6-8-14)22(29)25-15-9-10-28-19(11-15)16(12-24)20-21(28)27-18-4-2-1-3-17(18)26-20/h1-11H,(H,25,29). The molecule has 0 unspecified atom stereocenters. The molecule has 5 aromatic rings. The van der Waals surface area contributed by atoms with E-state index in [2.05, 4.69) is 21.4 Å². The lowest BCUT2D eigenvalue weighted by Crippen LogP contribution is -2.12. The van der Waals surface area contributed by atoms with Gasteiger partial charge < -0.3 is 5.32 Å². The van der Waals surface area contributed by atoms with E-state index in [9.17, 15) is 14.4 Å². The lowest BCUT2D eigenvalue weighted by molar-refractivity contribution is 0.102. The van der Waals surface area contributed by atoms with E-state index >= 15 is 0 Å². The molecule has 0 saturated heterocycles. The van der Waals surface area contributed by atoms with E-state index in [-0.39, 0.29) is 5.91 Å². The number of para-hydroxylation sites is 2. The number of nitrogens with one attached hydrogen (secondary N) is 1. The Labute approximate surface area is 163 Å². The van der Waals surface area contributed by atoms with E-state index in [4.69, 9.17) is 0 Å². The molecule has 3 aromatic heterocycles. The summed E-state index contributed by atoms with van der Waals surface area (Å²) in [5.41, 5.74) is 4.35. The first-order valence-electron chi connectivity index (χ1n) is 8.81. The number of pyridine rings is 1. The number of halogens is 1. The number of carbonyl (C=O) groups is 1. The van der Waals surface area contributed by atoms with Crippen LogP contribution in [0, 0.1) is 17.1 Å². The van der Waals surface area contributed by atoms with Gasteiger partial charge in [-0.3, -0.25) is 9.20 Å². The van der Waals surface area contributed by atoms with Crippen LogP contribution in [0.3, 0.4) is 0 Å². The molecule has 3 heterocycles. The Morgan fingerprint density at radius 3 is 2.48 bits per heavy atom. The number of aromatic nitrogens is 3. The number of fused-ring (bicyclic) bond motifs is 4. The topological polar surface area (TPSA) is 83.1 Å². The number of carbonyl (C=O) groups excluding carboxylic acids is 1. The summed E-state index contributed by atoms with van der Waals surface area (Å²) < 4.78 is 14.8. The Balaban J connectivity index is 1.63. The van der Waals surface area contributed by atoms with Gasteiger partial charge in [0, 0.05) is 17.4 Å². The summed E-state index contributed by atoms with van der Waals surface area (Å²) in [6, 6.07) is 18.4. The Morgan fingerprint density at radius 2 is 1.76 bits per heavy atom. The van der Waals surface area contributed by atoms with Crippen molar-refractivity contribution in [2.45, 2.75) is 0 Å². The summed E-state index contributed by atoms with van der Waals surface area (Å²) in [4.78, 5) is 21.7. The smallest absolute Gasteiger partial charge is 0.255 e. The highest BCUT2D eigenvalue weighted by Crippen LogP contribution is 2.27. The minimum absolute atomic E-state index is 0.335. The van der Waals surface area contributed by atoms with Gasteiger partial charge in [-0.25, -0.2) is 14.4 Å². The first-order valence-corrected chi connectivity index (χ1v) is 8.81. The van der Waals surface area contributed by atoms with Gasteiger partial charge in [-0.15, -0.1) is 0 Å². The van der Waals surface area contributed by atoms with Crippen LogP contribution in [0.4, 0.5) is 10.1 Å². The second kappa shape index (κ2) is 6.39. The molecule has 0 saturated carbocycles. The molecule has 0 fully saturated rings. The third-order valence-corrected chi connectivity index (χ3v) is 4.70. The zero-order valence-corrected chi connectivity index (χ0v) is 14.9. The molecule has 1 amide bonds. The minimum Gasteiger partial charge on any atom is -0.322 e. The molecule has 2 aromatic carbocycles. The van der Waals surface area contributed by atoms with Crippen LogP contribution in [0.25, 0.3) is 27.7 Å². The van der Waals surface area contributed by atoms with Crippen molar-refractivity contribution in [3.8, 4) is 6.07 Å². The van der Waals surface area contributed by atoms with Crippen molar-refractivity contribution in [3.63, 3.8) is 0 Å². The van der Waals surface area contributed by atoms with E-state index in [1.54, 1.807) is 22.7 Å². The van der Waals surface area contributed by atoms with Crippen LogP contribution < -0.4 is 5.32 Å². The minimum atomic E-state index is -0.408. The lowest BCUT2D eigenvalue weighted by Gasteiger charge is -2.06. The fraction of sp³-hybridized carbons (Fsp3) is 0. The molecule has 0 aliphatic rings. The molecule has 1 N–H and O–H groups in total. The molecule has 7 heteroatoms. The number of hydrogen-bond donors (Lipinski definition) is 1. The number of amides is 1. The van der Waals surface area contributed by atoms with Crippen LogP contribution in [-0.4, -0.2) is 20.3 Å². The van der Waals surface area contributed by atoms with Gasteiger partial charge in [-0.1, -0.05) is 12.1 Å². The number of hydrogen-bond acceptors (Lipinski definition) is 4. The van der Waals surface area contributed by atoms with Gasteiger partial charge in [-0.2, -0.15) is 5.26 Å². The number of benzene rings is 2. The number of anilines is 1. The fourth-order valence-corrected chi connectivity index (χ4v) is 3.32.